The Kier molecular flexibility index (Phi) is 11.5. The van der Waals surface area contributed by atoms with Crippen molar-refractivity contribution in [2.45, 2.75) is 70.7 Å². The maximum Gasteiger partial charge on any atom is 0.142 e. The van der Waals surface area contributed by atoms with Gasteiger partial charge in [0.25, 0.3) is 0 Å². The van der Waals surface area contributed by atoms with Crippen LogP contribution in [0.15, 0.2) is 42.5 Å². The molecule has 2 heterocycles. The third-order valence-electron chi connectivity index (χ3n) is 8.39. The third-order valence-corrected chi connectivity index (χ3v) is 8.39. The molecule has 2 aliphatic heterocycles. The van der Waals surface area contributed by atoms with Crippen LogP contribution in [0.4, 0.5) is 5.69 Å². The van der Waals surface area contributed by atoms with E-state index in [4.69, 9.17) is 18.9 Å². The molecule has 0 bridgehead atoms. The fourth-order valence-electron chi connectivity index (χ4n) is 6.11. The molecular formula is C33H51N3O4. The number of methoxy groups -OCH3 is 2. The first-order chi connectivity index (χ1) is 19.4. The molecule has 222 valence electrons. The summed E-state index contributed by atoms with van der Waals surface area (Å²) in [6.07, 6.45) is 3.29. The molecule has 4 atom stereocenters. The van der Waals surface area contributed by atoms with Crippen LogP contribution < -0.4 is 19.7 Å². The molecule has 2 aromatic carbocycles. The molecule has 0 aromatic heterocycles. The number of piperidine rings is 1. The molecule has 0 spiro atoms. The fraction of sp³-hybridized carbons (Fsp3) is 0.636. The largest absolute Gasteiger partial charge is 0.497 e. The van der Waals surface area contributed by atoms with Gasteiger partial charge in [0.2, 0.25) is 0 Å². The van der Waals surface area contributed by atoms with Gasteiger partial charge in [-0.2, -0.15) is 0 Å². The number of fused-ring (bicyclic) bond motifs is 1. The van der Waals surface area contributed by atoms with Crippen LogP contribution in [-0.2, 0) is 16.1 Å². The van der Waals surface area contributed by atoms with Gasteiger partial charge in [0.15, 0.2) is 0 Å². The standard InChI is InChI=1S/C33H51N3O4/c1-24(2)22-35(4)25(3)18-28-20-30(27-9-11-29(38-6)12-10-27)33(21-34-28)40-23-26-8-13-32-31(19-26)36(15-17-39-32)14-7-16-37-5/h8-13,19,24-25,28,30,33-34H,7,14-18,20-23H2,1-6H3/t25?,28-,30+,33-/m0/s1. The van der Waals surface area contributed by atoms with Gasteiger partial charge in [-0.3, -0.25) is 0 Å². The number of nitrogens with one attached hydrogen (secondary N) is 1. The zero-order valence-electron chi connectivity index (χ0n) is 25.5. The molecule has 0 amide bonds. The molecule has 0 radical (unpaired) electrons. The van der Waals surface area contributed by atoms with Crippen molar-refractivity contribution < 1.29 is 18.9 Å². The molecule has 1 fully saturated rings. The van der Waals surface area contributed by atoms with Crippen LogP contribution in [0.25, 0.3) is 0 Å². The molecule has 1 unspecified atom stereocenters. The van der Waals surface area contributed by atoms with Gasteiger partial charge >= 0.3 is 0 Å². The molecule has 1 saturated heterocycles. The molecule has 40 heavy (non-hydrogen) atoms. The maximum atomic E-state index is 6.69. The van der Waals surface area contributed by atoms with Gasteiger partial charge in [-0.15, -0.1) is 0 Å². The lowest BCUT2D eigenvalue weighted by atomic mass is 9.82. The van der Waals surface area contributed by atoms with E-state index in [9.17, 15) is 0 Å². The Balaban J connectivity index is 1.44. The number of hydrogen-bond donors (Lipinski definition) is 1. The summed E-state index contributed by atoms with van der Waals surface area (Å²) in [6.45, 7) is 12.8. The van der Waals surface area contributed by atoms with E-state index in [0.717, 1.165) is 75.8 Å². The zero-order chi connectivity index (χ0) is 28.5. The Labute approximate surface area is 242 Å². The molecule has 7 heteroatoms. The maximum absolute atomic E-state index is 6.69. The van der Waals surface area contributed by atoms with E-state index >= 15 is 0 Å². The van der Waals surface area contributed by atoms with Crippen molar-refractivity contribution in [2.24, 2.45) is 5.92 Å². The number of anilines is 1. The summed E-state index contributed by atoms with van der Waals surface area (Å²) in [6, 6.07) is 16.0. The highest BCUT2D eigenvalue weighted by Crippen LogP contribution is 2.35. The molecule has 1 N–H and O–H groups in total. The van der Waals surface area contributed by atoms with Crippen LogP contribution in [0, 0.1) is 5.92 Å². The summed E-state index contributed by atoms with van der Waals surface area (Å²) in [4.78, 5) is 4.90. The van der Waals surface area contributed by atoms with E-state index in [-0.39, 0.29) is 6.10 Å². The topological polar surface area (TPSA) is 55.4 Å². The van der Waals surface area contributed by atoms with Crippen LogP contribution in [0.3, 0.4) is 0 Å². The van der Waals surface area contributed by atoms with E-state index in [0.29, 0.717) is 30.5 Å². The second-order valence-corrected chi connectivity index (χ2v) is 12.0. The molecule has 0 aliphatic carbocycles. The van der Waals surface area contributed by atoms with Crippen molar-refractivity contribution in [1.82, 2.24) is 10.2 Å². The molecule has 7 nitrogen and oxygen atoms in total. The summed E-state index contributed by atoms with van der Waals surface area (Å²) >= 11 is 0. The van der Waals surface area contributed by atoms with Gasteiger partial charge in [-0.25, -0.2) is 0 Å². The zero-order valence-corrected chi connectivity index (χ0v) is 25.5. The monoisotopic (exact) mass is 553 g/mol. The van der Waals surface area contributed by atoms with Gasteiger partial charge in [-0.1, -0.05) is 32.0 Å². The Morgan fingerprint density at radius 3 is 2.62 bits per heavy atom. The first-order valence-electron chi connectivity index (χ1n) is 15.1. The summed E-state index contributed by atoms with van der Waals surface area (Å²) < 4.78 is 23.3. The van der Waals surface area contributed by atoms with Crippen molar-refractivity contribution in [3.05, 3.63) is 53.6 Å². The summed E-state index contributed by atoms with van der Waals surface area (Å²) in [5.74, 6) is 2.85. The van der Waals surface area contributed by atoms with Crippen molar-refractivity contribution >= 4 is 5.69 Å². The minimum absolute atomic E-state index is 0.0958. The van der Waals surface area contributed by atoms with Gasteiger partial charge in [0.1, 0.15) is 18.1 Å². The van der Waals surface area contributed by atoms with E-state index in [1.165, 1.54) is 11.1 Å². The molecule has 4 rings (SSSR count). The van der Waals surface area contributed by atoms with Crippen molar-refractivity contribution in [3.63, 3.8) is 0 Å². The molecule has 2 aromatic rings. The number of benzene rings is 2. The van der Waals surface area contributed by atoms with Gasteiger partial charge in [0, 0.05) is 51.4 Å². The van der Waals surface area contributed by atoms with Crippen molar-refractivity contribution in [2.75, 3.05) is 65.6 Å². The predicted octanol–water partition coefficient (Wildman–Crippen LogP) is 5.33. The highest BCUT2D eigenvalue weighted by molar-refractivity contribution is 5.61. The van der Waals surface area contributed by atoms with Crippen LogP contribution in [0.5, 0.6) is 11.5 Å². The highest BCUT2D eigenvalue weighted by atomic mass is 16.5. The summed E-state index contributed by atoms with van der Waals surface area (Å²) in [5, 5.41) is 3.84. The number of rotatable bonds is 14. The normalized spacial score (nSPS) is 21.8. The highest BCUT2D eigenvalue weighted by Gasteiger charge is 2.33. The molecule has 0 saturated carbocycles. The second kappa shape index (κ2) is 15.1. The predicted molar refractivity (Wildman–Crippen MR) is 163 cm³/mol. The quantitative estimate of drug-likeness (QED) is 0.318. The first-order valence-corrected chi connectivity index (χ1v) is 15.1. The lowest BCUT2D eigenvalue weighted by molar-refractivity contribution is 0.000408. The van der Waals surface area contributed by atoms with Crippen molar-refractivity contribution in [3.8, 4) is 11.5 Å². The Morgan fingerprint density at radius 2 is 1.90 bits per heavy atom. The Hall–Kier alpha value is -2.32. The average molecular weight is 554 g/mol. The second-order valence-electron chi connectivity index (χ2n) is 12.0. The van der Waals surface area contributed by atoms with Gasteiger partial charge < -0.3 is 34.1 Å². The number of ether oxygens (including phenoxy) is 4. The Bertz CT molecular complexity index is 1030. The lowest BCUT2D eigenvalue weighted by Crippen LogP contribution is -2.49. The van der Waals surface area contributed by atoms with E-state index < -0.39 is 0 Å². The first kappa shape index (κ1) is 30.6. The van der Waals surface area contributed by atoms with E-state index in [2.05, 4.69) is 85.4 Å². The Morgan fingerprint density at radius 1 is 1.10 bits per heavy atom. The SMILES string of the molecule is COCCCN1CCOc2ccc(CO[C@H]3CN[C@@H](CC(C)N(C)CC(C)C)C[C@@H]3c3ccc(OC)cc3)cc21. The summed E-state index contributed by atoms with van der Waals surface area (Å²) in [7, 11) is 5.73. The van der Waals surface area contributed by atoms with Crippen LogP contribution in [-0.4, -0.2) is 83.7 Å². The van der Waals surface area contributed by atoms with Crippen LogP contribution in [0.2, 0.25) is 0 Å². The van der Waals surface area contributed by atoms with E-state index in [1.807, 2.05) is 0 Å². The average Bonchev–Trinajstić information content (AvgIpc) is 2.96. The van der Waals surface area contributed by atoms with Crippen LogP contribution in [0.1, 0.15) is 57.1 Å². The van der Waals surface area contributed by atoms with Crippen molar-refractivity contribution in [1.29, 1.82) is 0 Å². The number of nitrogens with zero attached hydrogens (tertiary/aromatic N) is 2. The van der Waals surface area contributed by atoms with Gasteiger partial charge in [-0.05, 0) is 74.5 Å². The summed E-state index contributed by atoms with van der Waals surface area (Å²) in [5.41, 5.74) is 3.67. The fourth-order valence-corrected chi connectivity index (χ4v) is 6.11. The lowest BCUT2D eigenvalue weighted by Gasteiger charge is -2.39. The smallest absolute Gasteiger partial charge is 0.142 e. The number of hydrogen-bond acceptors (Lipinski definition) is 7. The molecule has 2 aliphatic rings. The minimum atomic E-state index is 0.0958. The van der Waals surface area contributed by atoms with Crippen LogP contribution >= 0.6 is 0 Å². The third kappa shape index (κ3) is 8.35. The van der Waals surface area contributed by atoms with Gasteiger partial charge in [0.05, 0.1) is 32.1 Å². The van der Waals surface area contributed by atoms with E-state index in [1.54, 1.807) is 14.2 Å². The minimum Gasteiger partial charge on any atom is -0.497 e. The molecular weight excluding hydrogens is 502 g/mol.